The van der Waals surface area contributed by atoms with Crippen LogP contribution in [0.25, 0.3) is 21.5 Å². The molecule has 4 aromatic carbocycles. The SMILES string of the molecule is CC[Si]CC.Cc1cc2ccccc2[cH-]1.Cc1cc2ccccc2[cH-]1.[Zr+2]. The van der Waals surface area contributed by atoms with Crippen LogP contribution < -0.4 is 0 Å². The third-order valence-electron chi connectivity index (χ3n) is 4.02. The van der Waals surface area contributed by atoms with E-state index in [9.17, 15) is 0 Å². The van der Waals surface area contributed by atoms with E-state index in [1.165, 1.54) is 54.3 Å². The molecule has 2 radical (unpaired) electrons. The van der Waals surface area contributed by atoms with Gasteiger partial charge < -0.3 is 0 Å². The topological polar surface area (TPSA) is 0 Å². The molecule has 0 saturated heterocycles. The minimum atomic E-state index is 0. The minimum Gasteiger partial charge on any atom is -0.165 e. The fraction of sp³-hybridized carbons (Fsp3) is 0.250. The summed E-state index contributed by atoms with van der Waals surface area (Å²) in [6, 6.07) is 28.4. The molecule has 0 aliphatic carbocycles. The summed E-state index contributed by atoms with van der Waals surface area (Å²) >= 11 is 0. The predicted octanol–water partition coefficient (Wildman–Crippen LogP) is 7.30. The Bertz CT molecular complexity index is 745. The fourth-order valence-corrected chi connectivity index (χ4v) is 3.36. The molecule has 4 rings (SSSR count). The summed E-state index contributed by atoms with van der Waals surface area (Å²) in [6.45, 7) is 8.70. The first-order valence-corrected chi connectivity index (χ1v) is 10.5. The van der Waals surface area contributed by atoms with E-state index in [-0.39, 0.29) is 26.2 Å². The van der Waals surface area contributed by atoms with Crippen LogP contribution in [0.4, 0.5) is 0 Å². The molecule has 0 aliphatic rings. The van der Waals surface area contributed by atoms with Crippen molar-refractivity contribution < 1.29 is 26.2 Å². The quantitative estimate of drug-likeness (QED) is 0.229. The molecule has 0 fully saturated rings. The predicted molar refractivity (Wildman–Crippen MR) is 115 cm³/mol. The summed E-state index contributed by atoms with van der Waals surface area (Å²) in [5.41, 5.74) is 2.70. The van der Waals surface area contributed by atoms with E-state index in [2.05, 4.69) is 100 Å². The fourth-order valence-electron chi connectivity index (χ4n) is 2.86. The van der Waals surface area contributed by atoms with Gasteiger partial charge in [-0.2, -0.15) is 12.1 Å². The van der Waals surface area contributed by atoms with Gasteiger partial charge in [0.15, 0.2) is 0 Å². The molecule has 0 amide bonds. The Morgan fingerprint density at radius 3 is 1.38 bits per heavy atom. The second-order valence-corrected chi connectivity index (χ2v) is 8.19. The smallest absolute Gasteiger partial charge is 0.165 e. The van der Waals surface area contributed by atoms with E-state index in [1.807, 2.05) is 0 Å². The number of hydrogen-bond donors (Lipinski definition) is 0. The molecular weight excluding hydrogens is 408 g/mol. The van der Waals surface area contributed by atoms with Gasteiger partial charge in [-0.05, 0) is 0 Å². The first-order valence-electron chi connectivity index (χ1n) is 9.09. The number of benzene rings is 2. The molecule has 0 saturated carbocycles. The van der Waals surface area contributed by atoms with Crippen molar-refractivity contribution in [2.75, 3.05) is 0 Å². The van der Waals surface area contributed by atoms with Crippen molar-refractivity contribution in [1.29, 1.82) is 0 Å². The zero-order valence-corrected chi connectivity index (χ0v) is 19.8. The molecule has 0 aliphatic heterocycles. The molecule has 132 valence electrons. The number of hydrogen-bond acceptors (Lipinski definition) is 0. The van der Waals surface area contributed by atoms with Crippen molar-refractivity contribution in [3.8, 4) is 0 Å². The largest absolute Gasteiger partial charge is 2.00 e. The van der Waals surface area contributed by atoms with Gasteiger partial charge in [0.05, 0.1) is 0 Å². The Morgan fingerprint density at radius 1 is 0.692 bits per heavy atom. The molecule has 0 unspecified atom stereocenters. The maximum Gasteiger partial charge on any atom is 2.00 e. The summed E-state index contributed by atoms with van der Waals surface area (Å²) in [4.78, 5) is 0. The molecule has 26 heavy (non-hydrogen) atoms. The number of rotatable bonds is 2. The van der Waals surface area contributed by atoms with Crippen LogP contribution in [0, 0.1) is 13.8 Å². The van der Waals surface area contributed by atoms with Gasteiger partial charge in [0.25, 0.3) is 0 Å². The molecule has 0 nitrogen and oxygen atoms in total. The zero-order valence-electron chi connectivity index (χ0n) is 16.3. The van der Waals surface area contributed by atoms with Gasteiger partial charge in [-0.1, -0.05) is 51.9 Å². The summed E-state index contributed by atoms with van der Waals surface area (Å²) in [7, 11) is 1.20. The Hall–Kier alpha value is -1.24. The van der Waals surface area contributed by atoms with Crippen LogP contribution in [-0.4, -0.2) is 9.52 Å². The Morgan fingerprint density at radius 2 is 1.08 bits per heavy atom. The molecule has 0 aromatic heterocycles. The molecule has 0 spiro atoms. The average molecular weight is 436 g/mol. The van der Waals surface area contributed by atoms with Gasteiger partial charge in [0.1, 0.15) is 0 Å². The van der Waals surface area contributed by atoms with E-state index in [0.717, 1.165) is 0 Å². The Kier molecular flexibility index (Phi) is 10.7. The summed E-state index contributed by atoms with van der Waals surface area (Å²) < 4.78 is 0. The third kappa shape index (κ3) is 7.17. The van der Waals surface area contributed by atoms with Crippen molar-refractivity contribution in [1.82, 2.24) is 0 Å². The molecule has 0 N–H and O–H groups in total. The first-order chi connectivity index (χ1) is 12.1. The maximum absolute atomic E-state index is 2.22. The molecule has 0 heterocycles. The first kappa shape index (κ1) is 22.8. The average Bonchev–Trinajstić information content (AvgIpc) is 3.17. The molecule has 4 aromatic rings. The van der Waals surface area contributed by atoms with Gasteiger partial charge >= 0.3 is 26.2 Å². The number of aryl methyl sites for hydroxylation is 2. The standard InChI is InChI=1S/2C10H9.C4H10Si.Zr/c2*1-8-6-9-4-2-3-5-10(9)7-8;1-3-5-4-2;/h2*2-7H,1H3;3-4H2,1-2H3;/q2*-1;;+2. The van der Waals surface area contributed by atoms with E-state index in [0.29, 0.717) is 0 Å². The van der Waals surface area contributed by atoms with Crippen LogP contribution in [0.5, 0.6) is 0 Å². The Labute approximate surface area is 180 Å². The minimum absolute atomic E-state index is 0. The van der Waals surface area contributed by atoms with Crippen molar-refractivity contribution >= 4 is 31.1 Å². The van der Waals surface area contributed by atoms with Gasteiger partial charge in [0, 0.05) is 9.52 Å². The third-order valence-corrected chi connectivity index (χ3v) is 5.02. The normalized spacial score (nSPS) is 9.69. The molecule has 2 heteroatoms. The van der Waals surface area contributed by atoms with Crippen molar-refractivity contribution in [3.63, 3.8) is 0 Å². The van der Waals surface area contributed by atoms with Crippen molar-refractivity contribution in [2.45, 2.75) is 39.8 Å². The van der Waals surface area contributed by atoms with Crippen LogP contribution in [0.15, 0.2) is 72.8 Å². The zero-order chi connectivity index (χ0) is 18.1. The van der Waals surface area contributed by atoms with E-state index in [4.69, 9.17) is 0 Å². The van der Waals surface area contributed by atoms with Gasteiger partial charge in [0.2, 0.25) is 0 Å². The second kappa shape index (κ2) is 12.2. The molecule has 0 bridgehead atoms. The van der Waals surface area contributed by atoms with Crippen LogP contribution in [0.3, 0.4) is 0 Å². The van der Waals surface area contributed by atoms with Crippen LogP contribution in [0.2, 0.25) is 12.1 Å². The van der Waals surface area contributed by atoms with Crippen LogP contribution in [-0.2, 0) is 26.2 Å². The van der Waals surface area contributed by atoms with Crippen LogP contribution >= 0.6 is 0 Å². The number of fused-ring (bicyclic) bond motifs is 2. The van der Waals surface area contributed by atoms with Crippen molar-refractivity contribution in [3.05, 3.63) is 83.9 Å². The van der Waals surface area contributed by atoms with Crippen molar-refractivity contribution in [2.24, 2.45) is 0 Å². The summed E-state index contributed by atoms with van der Waals surface area (Å²) in [5, 5.41) is 5.39. The van der Waals surface area contributed by atoms with Gasteiger partial charge in [-0.25, -0.2) is 0 Å². The molecule has 0 atom stereocenters. The van der Waals surface area contributed by atoms with E-state index < -0.39 is 0 Å². The summed E-state index contributed by atoms with van der Waals surface area (Å²) in [6.07, 6.45) is 0. The maximum atomic E-state index is 2.22. The van der Waals surface area contributed by atoms with Gasteiger partial charge in [-0.3, -0.25) is 0 Å². The Balaban J connectivity index is 0.000000204. The second-order valence-electron chi connectivity index (χ2n) is 6.28. The van der Waals surface area contributed by atoms with Crippen LogP contribution in [0.1, 0.15) is 25.0 Å². The summed E-state index contributed by atoms with van der Waals surface area (Å²) in [5.74, 6) is 0. The molecular formula is C24H28SiZr. The van der Waals surface area contributed by atoms with E-state index in [1.54, 1.807) is 0 Å². The van der Waals surface area contributed by atoms with Gasteiger partial charge in [-0.15, -0.1) is 81.2 Å². The monoisotopic (exact) mass is 434 g/mol. The van der Waals surface area contributed by atoms with E-state index >= 15 is 0 Å².